The molecule has 0 saturated carbocycles. The van der Waals surface area contributed by atoms with Gasteiger partial charge in [-0.2, -0.15) is 0 Å². The summed E-state index contributed by atoms with van der Waals surface area (Å²) in [4.78, 5) is 25.7. The summed E-state index contributed by atoms with van der Waals surface area (Å²) >= 11 is 0. The Morgan fingerprint density at radius 3 is 2.51 bits per heavy atom. The number of carbonyl (C=O) groups excluding carboxylic acids is 2. The zero-order valence-corrected chi connectivity index (χ0v) is 20.5. The van der Waals surface area contributed by atoms with E-state index in [1.165, 1.54) is 14.2 Å². The zero-order valence-electron chi connectivity index (χ0n) is 20.5. The molecule has 0 fully saturated rings. The van der Waals surface area contributed by atoms with Crippen molar-refractivity contribution in [1.29, 1.82) is 0 Å². The number of hydrogen-bond donors (Lipinski definition) is 1. The minimum atomic E-state index is -0.652. The molecule has 1 unspecified atom stereocenters. The van der Waals surface area contributed by atoms with Crippen molar-refractivity contribution >= 4 is 23.8 Å². The smallest absolute Gasteiger partial charge is 0.348 e. The van der Waals surface area contributed by atoms with Crippen LogP contribution in [-0.4, -0.2) is 46.0 Å². The van der Waals surface area contributed by atoms with Crippen LogP contribution in [0.15, 0.2) is 54.6 Å². The van der Waals surface area contributed by atoms with E-state index in [0.29, 0.717) is 45.6 Å². The standard InChI is InChI=1S/C28H25NO8/c1-29-20(27(30)36-18-7-5-4-6-8-18)11-16-13-23-24(35-15-34-23)14-17(16)12-22-19-9-10-21(32-2)26(33-3)25(19)28(31)37-22/h4-10,12-14,20,29H,11,15H2,1-3H3. The van der Waals surface area contributed by atoms with Crippen LogP contribution in [0.4, 0.5) is 0 Å². The minimum absolute atomic E-state index is 0.0924. The van der Waals surface area contributed by atoms with Crippen molar-refractivity contribution < 1.29 is 38.0 Å². The molecule has 0 radical (unpaired) electrons. The molecule has 1 atom stereocenters. The second-order valence-corrected chi connectivity index (χ2v) is 8.31. The number of rotatable bonds is 8. The van der Waals surface area contributed by atoms with E-state index in [9.17, 15) is 9.59 Å². The number of likely N-dealkylation sites (N-methyl/N-ethyl adjacent to an activating group) is 1. The minimum Gasteiger partial charge on any atom is -0.493 e. The highest BCUT2D eigenvalue weighted by Crippen LogP contribution is 2.43. The first-order valence-electron chi connectivity index (χ1n) is 11.6. The topological polar surface area (TPSA) is 102 Å². The number of esters is 2. The van der Waals surface area contributed by atoms with Crippen molar-refractivity contribution in [3.05, 3.63) is 76.9 Å². The SMILES string of the molecule is CNC(Cc1cc2c(cc1C=C1OC(=O)c3c1ccc(OC)c3OC)OCO2)C(=O)Oc1ccccc1. The number of benzene rings is 3. The van der Waals surface area contributed by atoms with Gasteiger partial charge in [-0.3, -0.25) is 0 Å². The van der Waals surface area contributed by atoms with Crippen LogP contribution in [0.5, 0.6) is 28.7 Å². The van der Waals surface area contributed by atoms with E-state index >= 15 is 0 Å². The fourth-order valence-corrected chi connectivity index (χ4v) is 4.30. The van der Waals surface area contributed by atoms with Gasteiger partial charge in [-0.25, -0.2) is 9.59 Å². The Bertz CT molecular complexity index is 1380. The molecular formula is C28H25NO8. The first kappa shape index (κ1) is 24.2. The van der Waals surface area contributed by atoms with Crippen LogP contribution >= 0.6 is 0 Å². The monoisotopic (exact) mass is 503 g/mol. The van der Waals surface area contributed by atoms with E-state index in [0.717, 1.165) is 5.56 Å². The van der Waals surface area contributed by atoms with E-state index in [2.05, 4.69) is 5.32 Å². The van der Waals surface area contributed by atoms with E-state index in [1.807, 2.05) is 12.1 Å². The normalized spacial score (nSPS) is 15.2. The summed E-state index contributed by atoms with van der Waals surface area (Å²) in [5.41, 5.74) is 2.32. The lowest BCUT2D eigenvalue weighted by molar-refractivity contribution is -0.136. The van der Waals surface area contributed by atoms with Crippen LogP contribution < -0.4 is 29.0 Å². The van der Waals surface area contributed by atoms with Gasteiger partial charge in [0.2, 0.25) is 6.79 Å². The van der Waals surface area contributed by atoms with Gasteiger partial charge in [0.25, 0.3) is 0 Å². The predicted octanol–water partition coefficient (Wildman–Crippen LogP) is 3.84. The predicted molar refractivity (Wildman–Crippen MR) is 134 cm³/mol. The fourth-order valence-electron chi connectivity index (χ4n) is 4.30. The number of methoxy groups -OCH3 is 2. The molecule has 0 spiro atoms. The molecule has 2 aliphatic rings. The largest absolute Gasteiger partial charge is 0.493 e. The molecule has 3 aromatic rings. The Labute approximate surface area is 213 Å². The van der Waals surface area contributed by atoms with E-state index in [1.54, 1.807) is 55.6 Å². The third-order valence-electron chi connectivity index (χ3n) is 6.16. The summed E-state index contributed by atoms with van der Waals surface area (Å²) in [6, 6.07) is 15.3. The number of ether oxygens (including phenoxy) is 6. The van der Waals surface area contributed by atoms with Crippen LogP contribution in [-0.2, 0) is 16.0 Å². The maximum atomic E-state index is 12.9. The Hall–Kier alpha value is -4.50. The molecule has 5 rings (SSSR count). The van der Waals surface area contributed by atoms with E-state index in [-0.39, 0.29) is 18.8 Å². The van der Waals surface area contributed by atoms with Gasteiger partial charge in [0.1, 0.15) is 23.1 Å². The molecule has 0 bridgehead atoms. The molecule has 37 heavy (non-hydrogen) atoms. The highest BCUT2D eigenvalue weighted by atomic mass is 16.7. The summed E-state index contributed by atoms with van der Waals surface area (Å²) in [5, 5.41) is 3.03. The van der Waals surface area contributed by atoms with Crippen LogP contribution in [0, 0.1) is 0 Å². The van der Waals surface area contributed by atoms with Crippen molar-refractivity contribution in [1.82, 2.24) is 5.32 Å². The second kappa shape index (κ2) is 10.2. The van der Waals surface area contributed by atoms with Crippen molar-refractivity contribution in [2.75, 3.05) is 28.1 Å². The van der Waals surface area contributed by atoms with Crippen LogP contribution in [0.25, 0.3) is 11.8 Å². The molecule has 3 aromatic carbocycles. The molecule has 2 heterocycles. The Kier molecular flexibility index (Phi) is 6.70. The van der Waals surface area contributed by atoms with Gasteiger partial charge in [0.15, 0.2) is 23.0 Å². The van der Waals surface area contributed by atoms with Crippen molar-refractivity contribution in [3.8, 4) is 28.7 Å². The quantitative estimate of drug-likeness (QED) is 0.363. The molecule has 2 aliphatic heterocycles. The molecule has 9 heteroatoms. The zero-order chi connectivity index (χ0) is 25.9. The van der Waals surface area contributed by atoms with Crippen molar-refractivity contribution in [2.24, 2.45) is 0 Å². The summed E-state index contributed by atoms with van der Waals surface area (Å²) in [6.07, 6.45) is 2.02. The number of carbonyl (C=O) groups is 2. The highest BCUT2D eigenvalue weighted by Gasteiger charge is 2.33. The van der Waals surface area contributed by atoms with Crippen molar-refractivity contribution in [2.45, 2.75) is 12.5 Å². The molecular weight excluding hydrogens is 478 g/mol. The number of para-hydroxylation sites is 1. The second-order valence-electron chi connectivity index (χ2n) is 8.31. The maximum Gasteiger partial charge on any atom is 0.348 e. The first-order valence-corrected chi connectivity index (χ1v) is 11.6. The molecule has 0 aromatic heterocycles. The summed E-state index contributed by atoms with van der Waals surface area (Å²) < 4.78 is 33.0. The van der Waals surface area contributed by atoms with Gasteiger partial charge in [-0.1, -0.05) is 18.2 Å². The summed E-state index contributed by atoms with van der Waals surface area (Å²) in [6.45, 7) is 0.0924. The van der Waals surface area contributed by atoms with Gasteiger partial charge in [-0.05, 0) is 67.1 Å². The van der Waals surface area contributed by atoms with E-state index < -0.39 is 18.0 Å². The number of nitrogens with one attached hydrogen (secondary N) is 1. The number of hydrogen-bond acceptors (Lipinski definition) is 9. The maximum absolute atomic E-state index is 12.9. The Morgan fingerprint density at radius 1 is 1.05 bits per heavy atom. The van der Waals surface area contributed by atoms with E-state index in [4.69, 9.17) is 28.4 Å². The van der Waals surface area contributed by atoms with Crippen LogP contribution in [0.2, 0.25) is 0 Å². The van der Waals surface area contributed by atoms with Crippen LogP contribution in [0.1, 0.15) is 27.0 Å². The van der Waals surface area contributed by atoms with Crippen LogP contribution in [0.3, 0.4) is 0 Å². The Balaban J connectivity index is 1.51. The van der Waals surface area contributed by atoms with Gasteiger partial charge in [0, 0.05) is 5.56 Å². The lowest BCUT2D eigenvalue weighted by atomic mass is 9.97. The summed E-state index contributed by atoms with van der Waals surface area (Å²) in [5.74, 6) is 1.68. The van der Waals surface area contributed by atoms with Gasteiger partial charge in [-0.15, -0.1) is 0 Å². The number of fused-ring (bicyclic) bond motifs is 2. The van der Waals surface area contributed by atoms with Gasteiger partial charge in [0.05, 0.1) is 14.2 Å². The average Bonchev–Trinajstić information content (AvgIpc) is 3.50. The molecule has 9 nitrogen and oxygen atoms in total. The first-order chi connectivity index (χ1) is 18.0. The highest BCUT2D eigenvalue weighted by molar-refractivity contribution is 6.08. The third-order valence-corrected chi connectivity index (χ3v) is 6.16. The molecule has 0 saturated heterocycles. The van der Waals surface area contributed by atoms with Gasteiger partial charge >= 0.3 is 11.9 Å². The molecule has 0 amide bonds. The summed E-state index contributed by atoms with van der Waals surface area (Å²) in [7, 11) is 4.66. The molecule has 1 N–H and O–H groups in total. The Morgan fingerprint density at radius 2 is 1.81 bits per heavy atom. The lowest BCUT2D eigenvalue weighted by Gasteiger charge is -2.17. The molecule has 190 valence electrons. The fraction of sp³-hybridized carbons (Fsp3) is 0.214. The lowest BCUT2D eigenvalue weighted by Crippen LogP contribution is -2.39. The third kappa shape index (κ3) is 4.68. The number of cyclic esters (lactones) is 1. The van der Waals surface area contributed by atoms with Crippen molar-refractivity contribution in [3.63, 3.8) is 0 Å². The average molecular weight is 504 g/mol. The van der Waals surface area contributed by atoms with Gasteiger partial charge < -0.3 is 33.7 Å². The molecule has 0 aliphatic carbocycles.